The lowest BCUT2D eigenvalue weighted by atomic mass is 10.1. The molecule has 27 heavy (non-hydrogen) atoms. The van der Waals surface area contributed by atoms with E-state index in [1.54, 1.807) is 6.07 Å². The summed E-state index contributed by atoms with van der Waals surface area (Å²) in [4.78, 5) is 16.2. The fourth-order valence-electron chi connectivity index (χ4n) is 2.45. The number of carbonyl (C=O) groups is 1. The van der Waals surface area contributed by atoms with Gasteiger partial charge in [0.15, 0.2) is 16.7 Å². The van der Waals surface area contributed by atoms with Crippen molar-refractivity contribution >= 4 is 22.4 Å². The highest BCUT2D eigenvalue weighted by atomic mass is 32.1. The molecular formula is C19H15F3N2O2S. The molecule has 140 valence electrons. The first kappa shape index (κ1) is 18.9. The number of hydrogen-bond donors (Lipinski definition) is 1. The number of amides is 1. The van der Waals surface area contributed by atoms with E-state index in [1.165, 1.54) is 24.6 Å². The average Bonchev–Trinajstić information content (AvgIpc) is 3.10. The van der Waals surface area contributed by atoms with E-state index in [0.29, 0.717) is 12.0 Å². The largest absolute Gasteiger partial charge is 0.494 e. The third-order valence-electron chi connectivity index (χ3n) is 3.81. The number of halogens is 3. The van der Waals surface area contributed by atoms with Crippen molar-refractivity contribution in [3.63, 3.8) is 0 Å². The number of aromatic nitrogens is 1. The number of hydrogen-bond acceptors (Lipinski definition) is 4. The second-order valence-electron chi connectivity index (χ2n) is 5.68. The van der Waals surface area contributed by atoms with Crippen LogP contribution in [0.15, 0.2) is 41.8 Å². The number of nitrogens with zero attached hydrogens (tertiary/aromatic N) is 1. The highest BCUT2D eigenvalue weighted by Crippen LogP contribution is 2.27. The molecule has 2 aromatic carbocycles. The number of benzene rings is 2. The molecular weight excluding hydrogens is 377 g/mol. The molecule has 1 aromatic heterocycles. The summed E-state index contributed by atoms with van der Waals surface area (Å²) in [6.07, 6.45) is 0.457. The number of aryl methyl sites for hydroxylation is 1. The molecule has 3 rings (SSSR count). The summed E-state index contributed by atoms with van der Waals surface area (Å²) >= 11 is 1.11. The van der Waals surface area contributed by atoms with Gasteiger partial charge in [-0.1, -0.05) is 6.07 Å². The van der Waals surface area contributed by atoms with E-state index in [4.69, 9.17) is 4.74 Å². The molecule has 0 saturated heterocycles. The molecule has 0 spiro atoms. The van der Waals surface area contributed by atoms with Crippen molar-refractivity contribution in [3.05, 3.63) is 64.8 Å². The minimum Gasteiger partial charge on any atom is -0.494 e. The molecule has 0 radical (unpaired) electrons. The van der Waals surface area contributed by atoms with Crippen molar-refractivity contribution in [2.75, 3.05) is 12.4 Å². The van der Waals surface area contributed by atoms with Crippen molar-refractivity contribution in [1.29, 1.82) is 0 Å². The van der Waals surface area contributed by atoms with Crippen molar-refractivity contribution in [3.8, 4) is 17.0 Å². The van der Waals surface area contributed by atoms with E-state index in [-0.39, 0.29) is 34.5 Å². The van der Waals surface area contributed by atoms with E-state index < -0.39 is 17.5 Å². The quantitative estimate of drug-likeness (QED) is 0.655. The number of rotatable bonds is 6. The number of nitrogens with one attached hydrogen (secondary N) is 1. The fourth-order valence-corrected chi connectivity index (χ4v) is 3.18. The first-order chi connectivity index (χ1) is 13.0. The van der Waals surface area contributed by atoms with Crippen molar-refractivity contribution in [2.24, 2.45) is 0 Å². The molecule has 0 aliphatic heterocycles. The zero-order valence-electron chi connectivity index (χ0n) is 14.3. The second kappa shape index (κ2) is 8.22. The summed E-state index contributed by atoms with van der Waals surface area (Å²) in [6, 6.07) is 7.60. The van der Waals surface area contributed by atoms with Gasteiger partial charge in [-0.05, 0) is 42.3 Å². The van der Waals surface area contributed by atoms with Gasteiger partial charge in [-0.2, -0.15) is 0 Å². The van der Waals surface area contributed by atoms with E-state index in [0.717, 1.165) is 29.5 Å². The minimum atomic E-state index is -0.596. The molecule has 0 aliphatic carbocycles. The maximum absolute atomic E-state index is 13.8. The Morgan fingerprint density at radius 1 is 1.15 bits per heavy atom. The van der Waals surface area contributed by atoms with Gasteiger partial charge in [0.05, 0.1) is 12.8 Å². The summed E-state index contributed by atoms with van der Waals surface area (Å²) in [5.41, 5.74) is 0.926. The molecule has 1 heterocycles. The van der Waals surface area contributed by atoms with Gasteiger partial charge in [-0.25, -0.2) is 18.2 Å². The fraction of sp³-hybridized carbons (Fsp3) is 0.158. The van der Waals surface area contributed by atoms with Gasteiger partial charge < -0.3 is 10.1 Å². The topological polar surface area (TPSA) is 51.2 Å². The van der Waals surface area contributed by atoms with Gasteiger partial charge >= 0.3 is 0 Å². The Kier molecular flexibility index (Phi) is 5.75. The molecule has 0 unspecified atom stereocenters. The van der Waals surface area contributed by atoms with Crippen LogP contribution in [0.1, 0.15) is 12.0 Å². The zero-order chi connectivity index (χ0) is 19.4. The van der Waals surface area contributed by atoms with Gasteiger partial charge in [0.1, 0.15) is 11.6 Å². The number of thiazole rings is 1. The van der Waals surface area contributed by atoms with E-state index in [2.05, 4.69) is 10.3 Å². The van der Waals surface area contributed by atoms with Crippen molar-refractivity contribution in [2.45, 2.75) is 12.8 Å². The molecule has 4 nitrogen and oxygen atoms in total. The maximum atomic E-state index is 13.8. The molecule has 0 bridgehead atoms. The molecule has 0 fully saturated rings. The van der Waals surface area contributed by atoms with Crippen LogP contribution in [0.4, 0.5) is 18.3 Å². The molecule has 8 heteroatoms. The molecule has 1 N–H and O–H groups in total. The SMILES string of the molecule is COc1ccc(CCC(=O)Nc2nc(-c3cc(F)ccc3F)cs2)cc1F. The van der Waals surface area contributed by atoms with Crippen LogP contribution in [0.5, 0.6) is 5.75 Å². The Labute approximate surface area is 157 Å². The van der Waals surface area contributed by atoms with Gasteiger partial charge in [0.2, 0.25) is 5.91 Å². The van der Waals surface area contributed by atoms with Crippen LogP contribution in [-0.2, 0) is 11.2 Å². The predicted octanol–water partition coefficient (Wildman–Crippen LogP) is 4.81. The minimum absolute atomic E-state index is 0.0282. The lowest BCUT2D eigenvalue weighted by molar-refractivity contribution is -0.116. The zero-order valence-corrected chi connectivity index (χ0v) is 15.1. The summed E-state index contributed by atoms with van der Waals surface area (Å²) in [7, 11) is 1.38. The average molecular weight is 392 g/mol. The van der Waals surface area contributed by atoms with Crippen molar-refractivity contribution in [1.82, 2.24) is 4.98 Å². The monoisotopic (exact) mass is 392 g/mol. The van der Waals surface area contributed by atoms with E-state index in [1.807, 2.05) is 0 Å². The Hall–Kier alpha value is -2.87. The number of carbonyl (C=O) groups excluding carboxylic acids is 1. The molecule has 0 aliphatic rings. The highest BCUT2D eigenvalue weighted by Gasteiger charge is 2.13. The van der Waals surface area contributed by atoms with E-state index in [9.17, 15) is 18.0 Å². The highest BCUT2D eigenvalue weighted by molar-refractivity contribution is 7.14. The van der Waals surface area contributed by atoms with Crippen LogP contribution < -0.4 is 10.1 Å². The van der Waals surface area contributed by atoms with Crippen molar-refractivity contribution < 1.29 is 22.7 Å². The predicted molar refractivity (Wildman–Crippen MR) is 97.4 cm³/mol. The Balaban J connectivity index is 1.61. The molecule has 1 amide bonds. The number of methoxy groups -OCH3 is 1. The summed E-state index contributed by atoms with van der Waals surface area (Å²) in [5.74, 6) is -1.83. The standard InChI is InChI=1S/C19H15F3N2O2S/c1-26-17-6-2-11(8-15(17)22)3-7-18(25)24-19-23-16(10-27-19)13-9-12(20)4-5-14(13)21/h2,4-6,8-10H,3,7H2,1H3,(H,23,24,25). The Morgan fingerprint density at radius 2 is 1.96 bits per heavy atom. The van der Waals surface area contributed by atoms with Crippen LogP contribution in [0.3, 0.4) is 0 Å². The van der Waals surface area contributed by atoms with Crippen LogP contribution in [0.2, 0.25) is 0 Å². The Bertz CT molecular complexity index is 975. The molecule has 3 aromatic rings. The Morgan fingerprint density at radius 3 is 2.70 bits per heavy atom. The summed E-state index contributed by atoms with van der Waals surface area (Å²) < 4.78 is 45.6. The third-order valence-corrected chi connectivity index (χ3v) is 4.57. The van der Waals surface area contributed by atoms with Gasteiger partial charge in [0, 0.05) is 17.4 Å². The normalized spacial score (nSPS) is 10.7. The second-order valence-corrected chi connectivity index (χ2v) is 6.54. The van der Waals surface area contributed by atoms with Crippen LogP contribution in [0, 0.1) is 17.5 Å². The van der Waals surface area contributed by atoms with Gasteiger partial charge in [-0.3, -0.25) is 4.79 Å². The van der Waals surface area contributed by atoms with Gasteiger partial charge in [-0.15, -0.1) is 11.3 Å². The number of anilines is 1. The first-order valence-corrected chi connectivity index (χ1v) is 8.87. The number of ether oxygens (including phenoxy) is 1. The van der Waals surface area contributed by atoms with E-state index >= 15 is 0 Å². The maximum Gasteiger partial charge on any atom is 0.226 e. The van der Waals surface area contributed by atoms with Gasteiger partial charge in [0.25, 0.3) is 0 Å². The lowest BCUT2D eigenvalue weighted by Crippen LogP contribution is -2.12. The third kappa shape index (κ3) is 4.65. The lowest BCUT2D eigenvalue weighted by Gasteiger charge is -2.05. The van der Waals surface area contributed by atoms with Crippen LogP contribution in [-0.4, -0.2) is 18.0 Å². The smallest absolute Gasteiger partial charge is 0.226 e. The summed E-state index contributed by atoms with van der Waals surface area (Å²) in [5, 5.41) is 4.42. The van der Waals surface area contributed by atoms with Crippen LogP contribution in [0.25, 0.3) is 11.3 Å². The first-order valence-electron chi connectivity index (χ1n) is 7.99. The molecule has 0 atom stereocenters. The summed E-state index contributed by atoms with van der Waals surface area (Å²) in [6.45, 7) is 0. The van der Waals surface area contributed by atoms with Crippen LogP contribution >= 0.6 is 11.3 Å². The molecule has 0 saturated carbocycles.